The predicted molar refractivity (Wildman–Crippen MR) is 81.9 cm³/mol. The Hall–Kier alpha value is -2.06. The summed E-state index contributed by atoms with van der Waals surface area (Å²) in [5.41, 5.74) is 1.77. The van der Waals surface area contributed by atoms with Crippen LogP contribution in [0.5, 0.6) is 11.5 Å². The molecule has 112 valence electrons. The number of alkyl halides is 1. The fourth-order valence-corrected chi connectivity index (χ4v) is 3.23. The van der Waals surface area contributed by atoms with Gasteiger partial charge in [-0.15, -0.1) is 12.6 Å². The summed E-state index contributed by atoms with van der Waals surface area (Å²) >= 11 is 4.38. The van der Waals surface area contributed by atoms with Crippen LogP contribution in [0.3, 0.4) is 0 Å². The number of thiol groups is 1. The van der Waals surface area contributed by atoms with Crippen molar-refractivity contribution in [2.45, 2.75) is 30.3 Å². The molecular weight excluding hydrogens is 304 g/mol. The third-order valence-electron chi connectivity index (χ3n) is 3.92. The summed E-state index contributed by atoms with van der Waals surface area (Å²) in [5.74, 6) is -0.0867. The van der Waals surface area contributed by atoms with E-state index >= 15 is 0 Å². The van der Waals surface area contributed by atoms with E-state index in [0.717, 1.165) is 22.1 Å². The Labute approximate surface area is 132 Å². The zero-order chi connectivity index (χ0) is 15.9. The van der Waals surface area contributed by atoms with Gasteiger partial charge in [0.2, 0.25) is 0 Å². The van der Waals surface area contributed by atoms with Gasteiger partial charge in [-0.05, 0) is 29.8 Å². The number of nitriles is 1. The number of ether oxygens (including phenoxy) is 1. The Morgan fingerprint density at radius 2 is 2.09 bits per heavy atom. The molecule has 2 aromatic rings. The van der Waals surface area contributed by atoms with Crippen molar-refractivity contribution in [2.24, 2.45) is 0 Å². The van der Waals surface area contributed by atoms with Crippen molar-refractivity contribution >= 4 is 12.6 Å². The van der Waals surface area contributed by atoms with Gasteiger partial charge in [0, 0.05) is 28.9 Å². The standard InChI is InChI=1S/C17H13F2NOS/c1-9-14(19)7-13-15(2-3-16(22)17(9)13)21-12-5-10(8-20)4-11(18)6-12/h2-6,9,14,22H,7H2,1H3/t9-,14+/m1/s1. The van der Waals surface area contributed by atoms with E-state index in [9.17, 15) is 8.78 Å². The maximum atomic E-state index is 14.0. The average Bonchev–Trinajstić information content (AvgIpc) is 2.78. The van der Waals surface area contributed by atoms with E-state index in [4.69, 9.17) is 10.00 Å². The van der Waals surface area contributed by atoms with Crippen LogP contribution in [0.4, 0.5) is 8.78 Å². The van der Waals surface area contributed by atoms with E-state index < -0.39 is 12.0 Å². The molecule has 1 aliphatic carbocycles. The molecule has 0 fully saturated rings. The summed E-state index contributed by atoms with van der Waals surface area (Å²) in [6.07, 6.45) is -0.728. The number of benzene rings is 2. The largest absolute Gasteiger partial charge is 0.457 e. The molecule has 0 aliphatic heterocycles. The maximum absolute atomic E-state index is 14.0. The van der Waals surface area contributed by atoms with Gasteiger partial charge in [-0.1, -0.05) is 6.92 Å². The number of hydrogen-bond donors (Lipinski definition) is 1. The lowest BCUT2D eigenvalue weighted by molar-refractivity contribution is 0.309. The number of rotatable bonds is 2. The van der Waals surface area contributed by atoms with Gasteiger partial charge in [-0.2, -0.15) is 5.26 Å². The second kappa shape index (κ2) is 5.62. The quantitative estimate of drug-likeness (QED) is 0.809. The number of hydrogen-bond acceptors (Lipinski definition) is 3. The molecule has 5 heteroatoms. The predicted octanol–water partition coefficient (Wildman–Crippen LogP) is 4.78. The second-order valence-corrected chi connectivity index (χ2v) is 5.86. The first-order chi connectivity index (χ1) is 10.5. The van der Waals surface area contributed by atoms with E-state index in [1.54, 1.807) is 12.1 Å². The minimum atomic E-state index is -0.979. The van der Waals surface area contributed by atoms with Crippen LogP contribution in [0.1, 0.15) is 29.5 Å². The number of nitrogens with zero attached hydrogens (tertiary/aromatic N) is 1. The molecule has 0 saturated heterocycles. The lowest BCUT2D eigenvalue weighted by Crippen LogP contribution is -2.03. The van der Waals surface area contributed by atoms with E-state index in [0.29, 0.717) is 5.75 Å². The molecule has 2 nitrogen and oxygen atoms in total. The highest BCUT2D eigenvalue weighted by atomic mass is 32.1. The molecule has 0 N–H and O–H groups in total. The van der Waals surface area contributed by atoms with Gasteiger partial charge < -0.3 is 4.74 Å². The number of fused-ring (bicyclic) bond motifs is 1. The third kappa shape index (κ3) is 2.55. The Morgan fingerprint density at radius 3 is 2.82 bits per heavy atom. The molecule has 0 aromatic heterocycles. The molecular formula is C17H13F2NOS. The summed E-state index contributed by atoms with van der Waals surface area (Å²) in [5, 5.41) is 8.88. The Morgan fingerprint density at radius 1 is 1.32 bits per heavy atom. The van der Waals surface area contributed by atoms with Crippen LogP contribution in [0, 0.1) is 17.1 Å². The molecule has 0 bridgehead atoms. The van der Waals surface area contributed by atoms with Crippen molar-refractivity contribution in [1.82, 2.24) is 0 Å². The molecule has 1 aliphatic rings. The molecule has 22 heavy (non-hydrogen) atoms. The average molecular weight is 317 g/mol. The zero-order valence-electron chi connectivity index (χ0n) is 11.8. The van der Waals surface area contributed by atoms with E-state index in [-0.39, 0.29) is 23.7 Å². The van der Waals surface area contributed by atoms with Crippen LogP contribution in [0.25, 0.3) is 0 Å². The summed E-state index contributed by atoms with van der Waals surface area (Å²) in [4.78, 5) is 0.729. The summed E-state index contributed by atoms with van der Waals surface area (Å²) in [6.45, 7) is 1.82. The van der Waals surface area contributed by atoms with Gasteiger partial charge in [0.1, 0.15) is 23.5 Å². The van der Waals surface area contributed by atoms with Crippen molar-refractivity contribution in [3.8, 4) is 17.6 Å². The van der Waals surface area contributed by atoms with Crippen LogP contribution in [0.2, 0.25) is 0 Å². The molecule has 0 radical (unpaired) electrons. The Bertz CT molecular complexity index is 785. The molecule has 3 rings (SSSR count). The van der Waals surface area contributed by atoms with Crippen molar-refractivity contribution in [2.75, 3.05) is 0 Å². The first kappa shape index (κ1) is 14.9. The lowest BCUT2D eigenvalue weighted by Gasteiger charge is -2.13. The van der Waals surface area contributed by atoms with E-state index in [1.165, 1.54) is 12.1 Å². The SMILES string of the molecule is C[C@H]1c2c(S)ccc(Oc3cc(F)cc(C#N)c3)c2C[C@@H]1F. The molecule has 2 aromatic carbocycles. The van der Waals surface area contributed by atoms with Gasteiger partial charge in [0.25, 0.3) is 0 Å². The van der Waals surface area contributed by atoms with Crippen LogP contribution in [-0.2, 0) is 6.42 Å². The van der Waals surface area contributed by atoms with Crippen molar-refractivity contribution < 1.29 is 13.5 Å². The molecule has 0 spiro atoms. The fraction of sp³-hybridized carbons (Fsp3) is 0.235. The monoisotopic (exact) mass is 317 g/mol. The van der Waals surface area contributed by atoms with Crippen LogP contribution in [0.15, 0.2) is 35.2 Å². The zero-order valence-corrected chi connectivity index (χ0v) is 12.7. The van der Waals surface area contributed by atoms with E-state index in [1.807, 2.05) is 13.0 Å². The highest BCUT2D eigenvalue weighted by Crippen LogP contribution is 2.44. The van der Waals surface area contributed by atoms with Gasteiger partial charge in [0.05, 0.1) is 11.6 Å². The molecule has 0 heterocycles. The second-order valence-electron chi connectivity index (χ2n) is 5.37. The maximum Gasteiger partial charge on any atom is 0.131 e. The van der Waals surface area contributed by atoms with Crippen molar-refractivity contribution in [3.05, 3.63) is 52.8 Å². The lowest BCUT2D eigenvalue weighted by atomic mass is 10.0. The fourth-order valence-electron chi connectivity index (χ4n) is 2.81. The molecule has 0 unspecified atom stereocenters. The van der Waals surface area contributed by atoms with Crippen LogP contribution < -0.4 is 4.74 Å². The minimum absolute atomic E-state index is 0.175. The van der Waals surface area contributed by atoms with Gasteiger partial charge in [0.15, 0.2) is 0 Å². The molecule has 0 saturated carbocycles. The minimum Gasteiger partial charge on any atom is -0.457 e. The highest BCUT2D eigenvalue weighted by Gasteiger charge is 2.33. The first-order valence-electron chi connectivity index (χ1n) is 6.87. The van der Waals surface area contributed by atoms with Crippen LogP contribution >= 0.6 is 12.6 Å². The normalized spacial score (nSPS) is 19.6. The summed E-state index contributed by atoms with van der Waals surface area (Å²) in [7, 11) is 0. The Kier molecular flexibility index (Phi) is 3.79. The molecule has 2 atom stereocenters. The summed E-state index contributed by atoms with van der Waals surface area (Å²) < 4.78 is 33.2. The first-order valence-corrected chi connectivity index (χ1v) is 7.31. The van der Waals surface area contributed by atoms with Crippen LogP contribution in [-0.4, -0.2) is 6.17 Å². The Balaban J connectivity index is 2.02. The van der Waals surface area contributed by atoms with Crippen molar-refractivity contribution in [3.63, 3.8) is 0 Å². The molecule has 0 amide bonds. The third-order valence-corrected chi connectivity index (χ3v) is 4.31. The topological polar surface area (TPSA) is 33.0 Å². The highest BCUT2D eigenvalue weighted by molar-refractivity contribution is 7.80. The smallest absolute Gasteiger partial charge is 0.131 e. The van der Waals surface area contributed by atoms with Crippen molar-refractivity contribution in [1.29, 1.82) is 5.26 Å². The van der Waals surface area contributed by atoms with Gasteiger partial charge in [-0.25, -0.2) is 8.78 Å². The van der Waals surface area contributed by atoms with Gasteiger partial charge in [-0.3, -0.25) is 0 Å². The van der Waals surface area contributed by atoms with E-state index in [2.05, 4.69) is 12.6 Å². The number of halogens is 2. The van der Waals surface area contributed by atoms with Gasteiger partial charge >= 0.3 is 0 Å². The summed E-state index contributed by atoms with van der Waals surface area (Å²) in [6, 6.07) is 9.11.